The van der Waals surface area contributed by atoms with Crippen molar-refractivity contribution in [2.24, 2.45) is 0 Å². The van der Waals surface area contributed by atoms with Crippen LogP contribution in [0.25, 0.3) is 0 Å². The maximum Gasteiger partial charge on any atom is 0.287 e. The van der Waals surface area contributed by atoms with Gasteiger partial charge in [0.2, 0.25) is 0 Å². The smallest absolute Gasteiger partial charge is 0.287 e. The quantitative estimate of drug-likeness (QED) is 0.838. The minimum absolute atomic E-state index is 0.134. The van der Waals surface area contributed by atoms with Crippen molar-refractivity contribution in [3.8, 4) is 0 Å². The second-order valence-corrected chi connectivity index (χ2v) is 5.22. The normalized spacial score (nSPS) is 17.6. The van der Waals surface area contributed by atoms with Crippen LogP contribution in [0.15, 0.2) is 11.0 Å². The Morgan fingerprint density at radius 2 is 2.21 bits per heavy atom. The van der Waals surface area contributed by atoms with Crippen LogP contribution in [0.4, 0.5) is 5.69 Å². The summed E-state index contributed by atoms with van der Waals surface area (Å²) in [5.74, 6) is 0. The van der Waals surface area contributed by atoms with Crippen LogP contribution in [0.1, 0.15) is 12.8 Å². The van der Waals surface area contributed by atoms with Gasteiger partial charge < -0.3 is 15.3 Å². The summed E-state index contributed by atoms with van der Waals surface area (Å²) in [6.07, 6.45) is 3.59. The second-order valence-electron chi connectivity index (χ2n) is 4.85. The van der Waals surface area contributed by atoms with E-state index in [1.165, 1.54) is 4.68 Å². The van der Waals surface area contributed by atoms with Gasteiger partial charge in [0.05, 0.1) is 25.0 Å². The fourth-order valence-corrected chi connectivity index (χ4v) is 2.39. The number of nitrogens with zero attached hydrogens (tertiary/aromatic N) is 3. The van der Waals surface area contributed by atoms with Crippen molar-refractivity contribution >= 4 is 17.3 Å². The third-order valence-corrected chi connectivity index (χ3v) is 3.74. The van der Waals surface area contributed by atoms with Gasteiger partial charge in [-0.1, -0.05) is 11.6 Å². The SMILES string of the molecule is CN1CCC(Nc2cnn(CCO)c(=O)c2Cl)CC1. The number of hydrogen-bond donors (Lipinski definition) is 2. The molecule has 106 valence electrons. The molecule has 0 amide bonds. The Bertz CT molecular complexity index is 483. The summed E-state index contributed by atoms with van der Waals surface area (Å²) in [5, 5.41) is 16.2. The van der Waals surface area contributed by atoms with Crippen LogP contribution in [0.2, 0.25) is 5.02 Å². The van der Waals surface area contributed by atoms with Crippen molar-refractivity contribution in [2.45, 2.75) is 25.4 Å². The lowest BCUT2D eigenvalue weighted by Crippen LogP contribution is -2.37. The maximum absolute atomic E-state index is 11.9. The summed E-state index contributed by atoms with van der Waals surface area (Å²) >= 11 is 6.05. The van der Waals surface area contributed by atoms with E-state index in [-0.39, 0.29) is 23.7 Å². The molecule has 0 bridgehead atoms. The van der Waals surface area contributed by atoms with Gasteiger partial charge in [-0.15, -0.1) is 0 Å². The molecular weight excluding hydrogens is 268 g/mol. The summed E-state index contributed by atoms with van der Waals surface area (Å²) in [7, 11) is 2.10. The molecule has 1 aromatic rings. The summed E-state index contributed by atoms with van der Waals surface area (Å²) in [5.41, 5.74) is 0.212. The van der Waals surface area contributed by atoms with E-state index in [2.05, 4.69) is 22.4 Å². The molecule has 1 aromatic heterocycles. The summed E-state index contributed by atoms with van der Waals surface area (Å²) < 4.78 is 1.17. The predicted molar refractivity (Wildman–Crippen MR) is 74.7 cm³/mol. The molecule has 1 fully saturated rings. The number of likely N-dealkylation sites (tertiary alicyclic amines) is 1. The highest BCUT2D eigenvalue weighted by molar-refractivity contribution is 6.32. The molecule has 0 aromatic carbocycles. The highest BCUT2D eigenvalue weighted by Gasteiger charge is 2.18. The van der Waals surface area contributed by atoms with Crippen molar-refractivity contribution < 1.29 is 5.11 Å². The first-order valence-electron chi connectivity index (χ1n) is 6.43. The predicted octanol–water partition coefficient (Wildman–Crippen LogP) is 0.395. The van der Waals surface area contributed by atoms with Gasteiger partial charge in [-0.05, 0) is 33.0 Å². The minimum Gasteiger partial charge on any atom is -0.394 e. The lowest BCUT2D eigenvalue weighted by Gasteiger charge is -2.30. The minimum atomic E-state index is -0.367. The summed E-state index contributed by atoms with van der Waals surface area (Å²) in [4.78, 5) is 14.2. The fraction of sp³-hybridized carbons (Fsp3) is 0.667. The lowest BCUT2D eigenvalue weighted by atomic mass is 10.1. The van der Waals surface area contributed by atoms with Crippen molar-refractivity contribution in [1.82, 2.24) is 14.7 Å². The van der Waals surface area contributed by atoms with Gasteiger partial charge >= 0.3 is 0 Å². The molecular formula is C12H19ClN4O2. The third-order valence-electron chi connectivity index (χ3n) is 3.37. The highest BCUT2D eigenvalue weighted by atomic mass is 35.5. The van der Waals surface area contributed by atoms with E-state index in [1.807, 2.05) is 0 Å². The molecule has 0 unspecified atom stereocenters. The Morgan fingerprint density at radius 3 is 2.84 bits per heavy atom. The molecule has 2 rings (SSSR count). The molecule has 6 nitrogen and oxygen atoms in total. The molecule has 2 N–H and O–H groups in total. The molecule has 0 aliphatic carbocycles. The molecule has 0 radical (unpaired) electrons. The molecule has 1 aliphatic rings. The molecule has 0 spiro atoms. The molecule has 1 aliphatic heterocycles. The van der Waals surface area contributed by atoms with Gasteiger partial charge in [0.25, 0.3) is 5.56 Å². The zero-order valence-corrected chi connectivity index (χ0v) is 11.7. The number of aromatic nitrogens is 2. The summed E-state index contributed by atoms with van der Waals surface area (Å²) in [6, 6.07) is 0.323. The monoisotopic (exact) mass is 286 g/mol. The van der Waals surface area contributed by atoms with E-state index < -0.39 is 0 Å². The number of aliphatic hydroxyl groups is 1. The van der Waals surface area contributed by atoms with E-state index in [1.54, 1.807) is 6.20 Å². The van der Waals surface area contributed by atoms with E-state index in [0.717, 1.165) is 25.9 Å². The average Bonchev–Trinajstić information content (AvgIpc) is 2.41. The molecule has 19 heavy (non-hydrogen) atoms. The largest absolute Gasteiger partial charge is 0.394 e. The van der Waals surface area contributed by atoms with Gasteiger partial charge in [-0.2, -0.15) is 5.10 Å². The molecule has 0 atom stereocenters. The van der Waals surface area contributed by atoms with Crippen LogP contribution in [-0.2, 0) is 6.54 Å². The van der Waals surface area contributed by atoms with Crippen LogP contribution < -0.4 is 10.9 Å². The number of rotatable bonds is 4. The van der Waals surface area contributed by atoms with Crippen LogP contribution >= 0.6 is 11.6 Å². The van der Waals surface area contributed by atoms with Gasteiger partial charge in [-0.3, -0.25) is 4.79 Å². The van der Waals surface area contributed by atoms with Crippen molar-refractivity contribution in [2.75, 3.05) is 32.1 Å². The van der Waals surface area contributed by atoms with Gasteiger partial charge in [-0.25, -0.2) is 4.68 Å². The number of piperidine rings is 1. The van der Waals surface area contributed by atoms with Crippen molar-refractivity contribution in [1.29, 1.82) is 0 Å². The zero-order valence-electron chi connectivity index (χ0n) is 11.0. The third kappa shape index (κ3) is 3.46. The first-order valence-corrected chi connectivity index (χ1v) is 6.81. The second kappa shape index (κ2) is 6.36. The Hall–Kier alpha value is -1.11. The van der Waals surface area contributed by atoms with Crippen LogP contribution in [0, 0.1) is 0 Å². The van der Waals surface area contributed by atoms with Crippen LogP contribution in [0.3, 0.4) is 0 Å². The van der Waals surface area contributed by atoms with Crippen molar-refractivity contribution in [3.63, 3.8) is 0 Å². The number of anilines is 1. The average molecular weight is 287 g/mol. The van der Waals surface area contributed by atoms with Gasteiger partial charge in [0.15, 0.2) is 0 Å². The number of hydrogen-bond acceptors (Lipinski definition) is 5. The first kappa shape index (κ1) is 14.3. The maximum atomic E-state index is 11.9. The number of aliphatic hydroxyl groups excluding tert-OH is 1. The molecule has 2 heterocycles. The first-order chi connectivity index (χ1) is 9.11. The van der Waals surface area contributed by atoms with Gasteiger partial charge in [0.1, 0.15) is 5.02 Å². The van der Waals surface area contributed by atoms with Crippen molar-refractivity contribution in [3.05, 3.63) is 21.6 Å². The molecule has 7 heteroatoms. The Balaban J connectivity index is 2.09. The number of nitrogens with one attached hydrogen (secondary N) is 1. The number of halogens is 1. The van der Waals surface area contributed by atoms with Crippen LogP contribution in [-0.4, -0.2) is 52.6 Å². The van der Waals surface area contributed by atoms with Gasteiger partial charge in [0, 0.05) is 6.04 Å². The Morgan fingerprint density at radius 1 is 1.53 bits per heavy atom. The van der Waals surface area contributed by atoms with Crippen LogP contribution in [0.5, 0.6) is 0 Å². The van der Waals surface area contributed by atoms with E-state index >= 15 is 0 Å². The lowest BCUT2D eigenvalue weighted by molar-refractivity contribution is 0.263. The molecule has 1 saturated heterocycles. The Labute approximate surface area is 117 Å². The highest BCUT2D eigenvalue weighted by Crippen LogP contribution is 2.20. The molecule has 0 saturated carbocycles. The standard InChI is InChI=1S/C12H19ClN4O2/c1-16-4-2-9(3-5-16)15-10-8-14-17(6-7-18)12(19)11(10)13/h8-9,15,18H,2-7H2,1H3. The zero-order chi connectivity index (χ0) is 13.8. The van der Waals surface area contributed by atoms with E-state index in [4.69, 9.17) is 16.7 Å². The van der Waals surface area contributed by atoms with E-state index in [0.29, 0.717) is 11.7 Å². The topological polar surface area (TPSA) is 70.4 Å². The Kier molecular flexibility index (Phi) is 4.79. The summed E-state index contributed by atoms with van der Waals surface area (Å²) in [6.45, 7) is 2.09. The van der Waals surface area contributed by atoms with E-state index in [9.17, 15) is 4.79 Å². The fourth-order valence-electron chi connectivity index (χ4n) is 2.19.